The molecule has 0 spiro atoms. The van der Waals surface area contributed by atoms with Crippen LogP contribution < -0.4 is 0 Å². The normalized spacial score (nSPS) is 11.1. The highest BCUT2D eigenvalue weighted by Crippen LogP contribution is 2.15. The molecule has 0 saturated carbocycles. The van der Waals surface area contributed by atoms with Crippen LogP contribution in [0.3, 0.4) is 0 Å². The van der Waals surface area contributed by atoms with Gasteiger partial charge < -0.3 is 9.72 Å². The summed E-state index contributed by atoms with van der Waals surface area (Å²) < 4.78 is 5.44. The molecule has 3 nitrogen and oxygen atoms in total. The van der Waals surface area contributed by atoms with E-state index in [1.807, 2.05) is 12.1 Å². The van der Waals surface area contributed by atoms with Gasteiger partial charge in [-0.25, -0.2) is 4.98 Å². The van der Waals surface area contributed by atoms with E-state index >= 15 is 0 Å². The van der Waals surface area contributed by atoms with Crippen molar-refractivity contribution in [1.29, 1.82) is 0 Å². The number of aromatic amines is 1. The van der Waals surface area contributed by atoms with Gasteiger partial charge in [-0.3, -0.25) is 0 Å². The maximum atomic E-state index is 5.44. The van der Waals surface area contributed by atoms with Crippen LogP contribution in [0.4, 0.5) is 0 Å². The lowest BCUT2D eigenvalue weighted by atomic mass is 10.2. The number of ether oxygens (including phenoxy) is 1. The van der Waals surface area contributed by atoms with Gasteiger partial charge in [-0.2, -0.15) is 0 Å². The molecular weight excluding hydrogens is 188 g/mol. The Balaban J connectivity index is 2.20. The van der Waals surface area contributed by atoms with Crippen molar-refractivity contribution in [3.8, 4) is 0 Å². The smallest absolute Gasteiger partial charge is 0.133 e. The summed E-state index contributed by atoms with van der Waals surface area (Å²) in [5.41, 5.74) is 3.34. The van der Waals surface area contributed by atoms with Crippen molar-refractivity contribution in [3.05, 3.63) is 29.6 Å². The molecule has 0 radical (unpaired) electrons. The van der Waals surface area contributed by atoms with Gasteiger partial charge in [0, 0.05) is 6.61 Å². The van der Waals surface area contributed by atoms with Gasteiger partial charge in [0.15, 0.2) is 0 Å². The number of imidazole rings is 1. The zero-order chi connectivity index (χ0) is 10.7. The van der Waals surface area contributed by atoms with Crippen LogP contribution in [0.2, 0.25) is 0 Å². The third-order valence-electron chi connectivity index (χ3n) is 2.35. The van der Waals surface area contributed by atoms with Gasteiger partial charge in [-0.15, -0.1) is 0 Å². The second-order valence-electron chi connectivity index (χ2n) is 3.71. The first-order valence-corrected chi connectivity index (χ1v) is 5.33. The average Bonchev–Trinajstić information content (AvgIpc) is 2.63. The molecule has 1 aromatic heterocycles. The number of hydrogen-bond donors (Lipinski definition) is 1. The summed E-state index contributed by atoms with van der Waals surface area (Å²) in [6, 6.07) is 6.14. The van der Waals surface area contributed by atoms with Gasteiger partial charge in [0.25, 0.3) is 0 Å². The summed E-state index contributed by atoms with van der Waals surface area (Å²) in [4.78, 5) is 7.76. The Bertz CT molecular complexity index is 448. The summed E-state index contributed by atoms with van der Waals surface area (Å²) >= 11 is 0. The minimum Gasteiger partial charge on any atom is -0.374 e. The standard InChI is InChI=1S/C12H16N2O/c1-3-7-15-8-11-13-10-6-4-5-9(2)12(10)14-11/h4-6H,3,7-8H2,1-2H3,(H,13,14). The molecule has 0 aliphatic rings. The van der Waals surface area contributed by atoms with Crippen molar-refractivity contribution in [3.63, 3.8) is 0 Å². The van der Waals surface area contributed by atoms with E-state index in [9.17, 15) is 0 Å². The molecule has 0 saturated heterocycles. The van der Waals surface area contributed by atoms with Crippen LogP contribution in [0.1, 0.15) is 24.7 Å². The molecule has 1 N–H and O–H groups in total. The lowest BCUT2D eigenvalue weighted by Gasteiger charge is -1.97. The number of rotatable bonds is 4. The zero-order valence-electron chi connectivity index (χ0n) is 9.21. The van der Waals surface area contributed by atoms with Crippen molar-refractivity contribution in [2.75, 3.05) is 6.61 Å². The van der Waals surface area contributed by atoms with Crippen LogP contribution in [0.15, 0.2) is 18.2 Å². The Morgan fingerprint density at radius 2 is 2.27 bits per heavy atom. The molecule has 15 heavy (non-hydrogen) atoms. The second-order valence-corrected chi connectivity index (χ2v) is 3.71. The van der Waals surface area contributed by atoms with E-state index in [2.05, 4.69) is 29.9 Å². The highest BCUT2D eigenvalue weighted by Gasteiger charge is 2.03. The Morgan fingerprint density at radius 3 is 3.00 bits per heavy atom. The lowest BCUT2D eigenvalue weighted by Crippen LogP contribution is -1.95. The van der Waals surface area contributed by atoms with Gasteiger partial charge in [0.2, 0.25) is 0 Å². The van der Waals surface area contributed by atoms with Crippen LogP contribution in [-0.4, -0.2) is 16.6 Å². The number of aryl methyl sites for hydroxylation is 1. The van der Waals surface area contributed by atoms with Crippen molar-refractivity contribution in [2.24, 2.45) is 0 Å². The number of fused-ring (bicyclic) bond motifs is 1. The van der Waals surface area contributed by atoms with Gasteiger partial charge >= 0.3 is 0 Å². The lowest BCUT2D eigenvalue weighted by molar-refractivity contribution is 0.117. The minimum atomic E-state index is 0.571. The molecule has 0 bridgehead atoms. The molecule has 3 heteroatoms. The van der Waals surface area contributed by atoms with E-state index in [0.717, 1.165) is 29.9 Å². The number of benzene rings is 1. The quantitative estimate of drug-likeness (QED) is 0.778. The van der Waals surface area contributed by atoms with E-state index in [-0.39, 0.29) is 0 Å². The fourth-order valence-electron chi connectivity index (χ4n) is 1.61. The molecule has 0 fully saturated rings. The van der Waals surface area contributed by atoms with Crippen LogP contribution >= 0.6 is 0 Å². The first-order chi connectivity index (χ1) is 7.31. The molecule has 80 valence electrons. The van der Waals surface area contributed by atoms with Crippen molar-refractivity contribution >= 4 is 11.0 Å². The predicted octanol–water partition coefficient (Wildman–Crippen LogP) is 2.80. The summed E-state index contributed by atoms with van der Waals surface area (Å²) in [5.74, 6) is 0.910. The number of aromatic nitrogens is 2. The number of H-pyrrole nitrogens is 1. The largest absolute Gasteiger partial charge is 0.374 e. The molecule has 0 atom stereocenters. The van der Waals surface area contributed by atoms with E-state index in [1.54, 1.807) is 0 Å². The van der Waals surface area contributed by atoms with E-state index < -0.39 is 0 Å². The van der Waals surface area contributed by atoms with Crippen LogP contribution in [0.5, 0.6) is 0 Å². The zero-order valence-corrected chi connectivity index (χ0v) is 9.21. The Labute approximate surface area is 89.5 Å². The summed E-state index contributed by atoms with van der Waals surface area (Å²) in [7, 11) is 0. The van der Waals surface area contributed by atoms with Gasteiger partial charge in [-0.1, -0.05) is 19.1 Å². The molecule has 1 aromatic carbocycles. The average molecular weight is 204 g/mol. The van der Waals surface area contributed by atoms with Crippen molar-refractivity contribution < 1.29 is 4.74 Å². The van der Waals surface area contributed by atoms with Crippen molar-refractivity contribution in [1.82, 2.24) is 9.97 Å². The van der Waals surface area contributed by atoms with Crippen LogP contribution in [0.25, 0.3) is 11.0 Å². The number of para-hydroxylation sites is 1. The SMILES string of the molecule is CCCOCc1nc2c(C)cccc2[nH]1. The number of nitrogens with one attached hydrogen (secondary N) is 1. The molecule has 2 rings (SSSR count). The monoisotopic (exact) mass is 204 g/mol. The Kier molecular flexibility index (Phi) is 3.02. The summed E-state index contributed by atoms with van der Waals surface area (Å²) in [5, 5.41) is 0. The van der Waals surface area contributed by atoms with Crippen LogP contribution in [0, 0.1) is 6.92 Å². The predicted molar refractivity (Wildman–Crippen MR) is 60.8 cm³/mol. The third kappa shape index (κ3) is 2.18. The van der Waals surface area contributed by atoms with E-state index in [1.165, 1.54) is 5.56 Å². The maximum Gasteiger partial charge on any atom is 0.133 e. The Morgan fingerprint density at radius 1 is 1.40 bits per heavy atom. The molecular formula is C12H16N2O. The number of hydrogen-bond acceptors (Lipinski definition) is 2. The highest BCUT2D eigenvalue weighted by atomic mass is 16.5. The molecule has 1 heterocycles. The van der Waals surface area contributed by atoms with Crippen LogP contribution in [-0.2, 0) is 11.3 Å². The molecule has 0 aliphatic carbocycles. The molecule has 2 aromatic rings. The topological polar surface area (TPSA) is 37.9 Å². The fraction of sp³-hybridized carbons (Fsp3) is 0.417. The van der Waals surface area contributed by atoms with E-state index in [0.29, 0.717) is 6.61 Å². The number of nitrogens with zero attached hydrogens (tertiary/aromatic N) is 1. The summed E-state index contributed by atoms with van der Waals surface area (Å²) in [6.07, 6.45) is 1.04. The van der Waals surface area contributed by atoms with Crippen molar-refractivity contribution in [2.45, 2.75) is 26.9 Å². The Hall–Kier alpha value is -1.35. The highest BCUT2D eigenvalue weighted by molar-refractivity contribution is 5.78. The molecule has 0 aliphatic heterocycles. The second kappa shape index (κ2) is 4.45. The fourth-order valence-corrected chi connectivity index (χ4v) is 1.61. The third-order valence-corrected chi connectivity index (χ3v) is 2.35. The summed E-state index contributed by atoms with van der Waals surface area (Å²) in [6.45, 7) is 5.53. The first kappa shape index (κ1) is 10.2. The minimum absolute atomic E-state index is 0.571. The van der Waals surface area contributed by atoms with E-state index in [4.69, 9.17) is 4.74 Å². The molecule has 0 unspecified atom stereocenters. The van der Waals surface area contributed by atoms with Gasteiger partial charge in [-0.05, 0) is 25.0 Å². The maximum absolute atomic E-state index is 5.44. The van der Waals surface area contributed by atoms with Gasteiger partial charge in [0.1, 0.15) is 12.4 Å². The van der Waals surface area contributed by atoms with Gasteiger partial charge in [0.05, 0.1) is 11.0 Å². The first-order valence-electron chi connectivity index (χ1n) is 5.33. The molecule has 0 amide bonds.